The Bertz CT molecular complexity index is 390. The van der Waals surface area contributed by atoms with Crippen molar-refractivity contribution >= 4 is 5.69 Å². The molecule has 1 aliphatic heterocycles. The maximum absolute atomic E-state index is 13.4. The van der Waals surface area contributed by atoms with Crippen LogP contribution in [-0.2, 0) is 6.42 Å². The van der Waals surface area contributed by atoms with Gasteiger partial charge in [0.15, 0.2) is 17.5 Å². The van der Waals surface area contributed by atoms with Crippen LogP contribution in [-0.4, -0.2) is 6.54 Å². The highest BCUT2D eigenvalue weighted by Gasteiger charge is 2.24. The third kappa shape index (κ3) is 1.68. The lowest BCUT2D eigenvalue weighted by Gasteiger charge is -2.25. The standard InChI is InChI=1S/C11H12F3N/c1-2-6-3-7-9(15-5-6)4-8(12)11(14)10(7)13/h4,6,15H,2-3,5H2,1H3. The van der Waals surface area contributed by atoms with E-state index in [0.717, 1.165) is 12.5 Å². The number of benzene rings is 1. The average Bonchev–Trinajstić information content (AvgIpc) is 2.26. The fourth-order valence-corrected chi connectivity index (χ4v) is 1.89. The molecule has 4 heteroatoms. The minimum atomic E-state index is -1.37. The summed E-state index contributed by atoms with van der Waals surface area (Å²) in [7, 11) is 0. The van der Waals surface area contributed by atoms with Crippen molar-refractivity contribution in [1.82, 2.24) is 0 Å². The molecule has 0 amide bonds. The van der Waals surface area contributed by atoms with Crippen molar-refractivity contribution in [3.8, 4) is 0 Å². The van der Waals surface area contributed by atoms with Gasteiger partial charge in [0.25, 0.3) is 0 Å². The minimum Gasteiger partial charge on any atom is -0.384 e. The molecule has 1 heterocycles. The lowest BCUT2D eigenvalue weighted by Crippen LogP contribution is -2.24. The van der Waals surface area contributed by atoms with Gasteiger partial charge in [-0.2, -0.15) is 0 Å². The smallest absolute Gasteiger partial charge is 0.194 e. The molecule has 0 radical (unpaired) electrons. The van der Waals surface area contributed by atoms with E-state index in [0.29, 0.717) is 18.7 Å². The second-order valence-electron chi connectivity index (χ2n) is 3.87. The fraction of sp³-hybridized carbons (Fsp3) is 0.455. The van der Waals surface area contributed by atoms with Crippen molar-refractivity contribution in [2.24, 2.45) is 5.92 Å². The highest BCUT2D eigenvalue weighted by molar-refractivity contribution is 5.54. The molecule has 1 aromatic rings. The van der Waals surface area contributed by atoms with Gasteiger partial charge in [-0.1, -0.05) is 13.3 Å². The van der Waals surface area contributed by atoms with Crippen molar-refractivity contribution in [3.05, 3.63) is 29.1 Å². The Morgan fingerprint density at radius 3 is 2.73 bits per heavy atom. The van der Waals surface area contributed by atoms with Crippen molar-refractivity contribution in [1.29, 1.82) is 0 Å². The lowest BCUT2D eigenvalue weighted by atomic mass is 9.91. The van der Waals surface area contributed by atoms with E-state index in [2.05, 4.69) is 5.32 Å². The summed E-state index contributed by atoms with van der Waals surface area (Å²) in [5.74, 6) is -3.26. The van der Waals surface area contributed by atoms with Crippen LogP contribution in [0.1, 0.15) is 18.9 Å². The largest absolute Gasteiger partial charge is 0.384 e. The molecule has 0 fully saturated rings. The second-order valence-corrected chi connectivity index (χ2v) is 3.87. The molecule has 0 aliphatic carbocycles. The summed E-state index contributed by atoms with van der Waals surface area (Å²) in [6.45, 7) is 2.68. The molecule has 1 aromatic carbocycles. The van der Waals surface area contributed by atoms with Crippen LogP contribution in [0.3, 0.4) is 0 Å². The van der Waals surface area contributed by atoms with Crippen LogP contribution in [0.5, 0.6) is 0 Å². The van der Waals surface area contributed by atoms with E-state index in [1.807, 2.05) is 6.92 Å². The van der Waals surface area contributed by atoms with Crippen molar-refractivity contribution in [3.63, 3.8) is 0 Å². The number of fused-ring (bicyclic) bond motifs is 1. The molecule has 1 N–H and O–H groups in total. The van der Waals surface area contributed by atoms with Crippen molar-refractivity contribution in [2.45, 2.75) is 19.8 Å². The van der Waals surface area contributed by atoms with Crippen LogP contribution in [0.4, 0.5) is 18.9 Å². The number of nitrogens with one attached hydrogen (secondary N) is 1. The van der Waals surface area contributed by atoms with Gasteiger partial charge in [-0.25, -0.2) is 13.2 Å². The van der Waals surface area contributed by atoms with Gasteiger partial charge in [-0.3, -0.25) is 0 Å². The summed E-state index contributed by atoms with van der Waals surface area (Å²) in [4.78, 5) is 0. The van der Waals surface area contributed by atoms with E-state index in [4.69, 9.17) is 0 Å². The lowest BCUT2D eigenvalue weighted by molar-refractivity contribution is 0.427. The summed E-state index contributed by atoms with van der Waals surface area (Å²) >= 11 is 0. The van der Waals surface area contributed by atoms with Gasteiger partial charge >= 0.3 is 0 Å². The molecule has 1 atom stereocenters. The molecule has 0 bridgehead atoms. The first-order chi connectivity index (χ1) is 7.13. The molecule has 0 aromatic heterocycles. The summed E-state index contributed by atoms with van der Waals surface area (Å²) in [6.07, 6.45) is 1.37. The maximum atomic E-state index is 13.4. The van der Waals surface area contributed by atoms with E-state index < -0.39 is 17.5 Å². The minimum absolute atomic E-state index is 0.270. The molecular formula is C11H12F3N. The number of hydrogen-bond acceptors (Lipinski definition) is 1. The van der Waals surface area contributed by atoms with Gasteiger partial charge in [0.1, 0.15) is 0 Å². The van der Waals surface area contributed by atoms with E-state index in [-0.39, 0.29) is 11.5 Å². The molecule has 15 heavy (non-hydrogen) atoms. The molecule has 1 aliphatic rings. The van der Waals surface area contributed by atoms with Crippen molar-refractivity contribution < 1.29 is 13.2 Å². The molecule has 0 saturated carbocycles. The third-order valence-corrected chi connectivity index (χ3v) is 2.91. The molecule has 0 spiro atoms. The Labute approximate surface area is 86.3 Å². The Hall–Kier alpha value is -1.19. The zero-order chi connectivity index (χ0) is 11.0. The van der Waals surface area contributed by atoms with Crippen molar-refractivity contribution in [2.75, 3.05) is 11.9 Å². The van der Waals surface area contributed by atoms with Gasteiger partial charge in [0.2, 0.25) is 0 Å². The molecule has 1 unspecified atom stereocenters. The zero-order valence-electron chi connectivity index (χ0n) is 8.41. The summed E-state index contributed by atoms with van der Waals surface area (Å²) in [5.41, 5.74) is 0.656. The number of rotatable bonds is 1. The van der Waals surface area contributed by atoms with Gasteiger partial charge in [-0.15, -0.1) is 0 Å². The first-order valence-corrected chi connectivity index (χ1v) is 5.03. The Kier molecular flexibility index (Phi) is 2.59. The van der Waals surface area contributed by atoms with Gasteiger partial charge in [-0.05, 0) is 12.3 Å². The van der Waals surface area contributed by atoms with Crippen LogP contribution in [0, 0.1) is 23.4 Å². The highest BCUT2D eigenvalue weighted by atomic mass is 19.2. The Balaban J connectivity index is 2.45. The molecule has 2 rings (SSSR count). The molecular weight excluding hydrogens is 203 g/mol. The van der Waals surface area contributed by atoms with Crippen LogP contribution < -0.4 is 5.32 Å². The molecule has 1 nitrogen and oxygen atoms in total. The highest BCUT2D eigenvalue weighted by Crippen LogP contribution is 2.31. The van der Waals surface area contributed by atoms with E-state index in [1.54, 1.807) is 0 Å². The normalized spacial score (nSPS) is 19.6. The summed E-state index contributed by atoms with van der Waals surface area (Å²) < 4.78 is 39.3. The predicted octanol–water partition coefficient (Wildman–Crippen LogP) is 3.10. The molecule has 82 valence electrons. The first-order valence-electron chi connectivity index (χ1n) is 5.03. The number of hydrogen-bond donors (Lipinski definition) is 1. The fourth-order valence-electron chi connectivity index (χ4n) is 1.89. The van der Waals surface area contributed by atoms with Gasteiger partial charge in [0.05, 0.1) is 0 Å². The summed E-state index contributed by atoms with van der Waals surface area (Å²) in [5, 5.41) is 2.93. The van der Waals surface area contributed by atoms with Crippen LogP contribution in [0.25, 0.3) is 0 Å². The zero-order valence-corrected chi connectivity index (χ0v) is 8.41. The Morgan fingerprint density at radius 1 is 1.33 bits per heavy atom. The Morgan fingerprint density at radius 2 is 2.07 bits per heavy atom. The SMILES string of the molecule is CCC1CNc2cc(F)c(F)c(F)c2C1. The van der Waals surface area contributed by atoms with Gasteiger partial charge in [0, 0.05) is 23.9 Å². The number of halogens is 3. The van der Waals surface area contributed by atoms with E-state index in [1.165, 1.54) is 0 Å². The number of anilines is 1. The van der Waals surface area contributed by atoms with Gasteiger partial charge < -0.3 is 5.32 Å². The van der Waals surface area contributed by atoms with Crippen LogP contribution in [0.15, 0.2) is 6.07 Å². The van der Waals surface area contributed by atoms with Crippen LogP contribution in [0.2, 0.25) is 0 Å². The first kappa shape index (κ1) is 10.3. The average molecular weight is 215 g/mol. The van der Waals surface area contributed by atoms with E-state index >= 15 is 0 Å². The quantitative estimate of drug-likeness (QED) is 0.710. The molecule has 0 saturated heterocycles. The second kappa shape index (κ2) is 3.76. The van der Waals surface area contributed by atoms with E-state index in [9.17, 15) is 13.2 Å². The van der Waals surface area contributed by atoms with Crippen LogP contribution >= 0.6 is 0 Å². The third-order valence-electron chi connectivity index (χ3n) is 2.91. The maximum Gasteiger partial charge on any atom is 0.194 e. The predicted molar refractivity (Wildman–Crippen MR) is 52.3 cm³/mol. The topological polar surface area (TPSA) is 12.0 Å². The monoisotopic (exact) mass is 215 g/mol. The summed E-state index contributed by atoms with van der Waals surface area (Å²) in [6, 6.07) is 1.03.